The van der Waals surface area contributed by atoms with Gasteiger partial charge in [-0.05, 0) is 76.6 Å². The Hall–Kier alpha value is -3.85. The van der Waals surface area contributed by atoms with Gasteiger partial charge in [0.05, 0.1) is 17.2 Å². The number of anilines is 1. The monoisotopic (exact) mass is 551 g/mol. The third-order valence-corrected chi connectivity index (χ3v) is 8.07. The molecule has 0 fully saturated rings. The maximum atomic E-state index is 13.9. The van der Waals surface area contributed by atoms with Crippen LogP contribution in [-0.2, 0) is 26.2 Å². The standard InChI is InChI=1S/C30H37N3O5S/c1-6-31-30(35)24(5)32(20-25-10-8-9-23(4)19-25)29(34)21-33(26-13-15-27(16-14-26)38-7-2)39(36,37)28-17-11-22(3)12-18-28/h8-19,24H,6-7,20-21H2,1-5H3,(H,31,35)/t24-/m1/s1. The number of hydrogen-bond acceptors (Lipinski definition) is 5. The fourth-order valence-electron chi connectivity index (χ4n) is 4.15. The number of benzene rings is 3. The van der Waals surface area contributed by atoms with Crippen LogP contribution >= 0.6 is 0 Å². The molecule has 2 amide bonds. The largest absolute Gasteiger partial charge is 0.494 e. The van der Waals surface area contributed by atoms with Crippen LogP contribution in [-0.4, -0.2) is 50.9 Å². The summed E-state index contributed by atoms with van der Waals surface area (Å²) in [5, 5.41) is 2.76. The lowest BCUT2D eigenvalue weighted by Gasteiger charge is -2.32. The van der Waals surface area contributed by atoms with Gasteiger partial charge in [-0.3, -0.25) is 13.9 Å². The van der Waals surface area contributed by atoms with Crippen molar-refractivity contribution < 1.29 is 22.7 Å². The molecule has 3 aromatic carbocycles. The number of amides is 2. The quantitative estimate of drug-likeness (QED) is 0.359. The topological polar surface area (TPSA) is 96.0 Å². The Morgan fingerprint density at radius 1 is 0.923 bits per heavy atom. The predicted molar refractivity (Wildman–Crippen MR) is 153 cm³/mol. The zero-order valence-corrected chi connectivity index (χ0v) is 24.0. The zero-order chi connectivity index (χ0) is 28.6. The molecule has 0 aromatic heterocycles. The summed E-state index contributed by atoms with van der Waals surface area (Å²) >= 11 is 0. The highest BCUT2D eigenvalue weighted by molar-refractivity contribution is 7.92. The molecule has 0 spiro atoms. The van der Waals surface area contributed by atoms with Gasteiger partial charge in [0.15, 0.2) is 0 Å². The molecule has 208 valence electrons. The van der Waals surface area contributed by atoms with E-state index in [4.69, 9.17) is 4.74 Å². The molecular weight excluding hydrogens is 514 g/mol. The van der Waals surface area contributed by atoms with Gasteiger partial charge in [0.25, 0.3) is 10.0 Å². The number of carbonyl (C=O) groups is 2. The Morgan fingerprint density at radius 3 is 2.18 bits per heavy atom. The van der Waals surface area contributed by atoms with Crippen molar-refractivity contribution in [3.05, 3.63) is 89.5 Å². The molecule has 39 heavy (non-hydrogen) atoms. The summed E-state index contributed by atoms with van der Waals surface area (Å²) < 4.78 is 34.3. The predicted octanol–water partition coefficient (Wildman–Crippen LogP) is 4.45. The van der Waals surface area contributed by atoms with Crippen LogP contribution in [0, 0.1) is 13.8 Å². The molecule has 0 bridgehead atoms. The molecule has 1 atom stereocenters. The zero-order valence-electron chi connectivity index (χ0n) is 23.2. The molecule has 0 radical (unpaired) electrons. The van der Waals surface area contributed by atoms with E-state index >= 15 is 0 Å². The van der Waals surface area contributed by atoms with Gasteiger partial charge in [0.1, 0.15) is 18.3 Å². The Kier molecular flexibility index (Phi) is 10.1. The highest BCUT2D eigenvalue weighted by Crippen LogP contribution is 2.27. The van der Waals surface area contributed by atoms with Gasteiger partial charge in [-0.25, -0.2) is 8.42 Å². The first-order chi connectivity index (χ1) is 18.6. The number of nitrogens with zero attached hydrogens (tertiary/aromatic N) is 2. The Balaban J connectivity index is 2.03. The summed E-state index contributed by atoms with van der Waals surface area (Å²) in [6, 6.07) is 19.9. The third-order valence-electron chi connectivity index (χ3n) is 6.28. The van der Waals surface area contributed by atoms with E-state index in [0.29, 0.717) is 24.6 Å². The lowest BCUT2D eigenvalue weighted by atomic mass is 10.1. The molecule has 3 rings (SSSR count). The molecule has 0 saturated carbocycles. The summed E-state index contributed by atoms with van der Waals surface area (Å²) in [6.07, 6.45) is 0. The Bertz CT molecular complexity index is 1370. The summed E-state index contributed by atoms with van der Waals surface area (Å²) in [6.45, 7) is 9.68. The number of rotatable bonds is 12. The molecule has 0 aliphatic carbocycles. The van der Waals surface area contributed by atoms with E-state index in [9.17, 15) is 18.0 Å². The second-order valence-electron chi connectivity index (χ2n) is 9.33. The van der Waals surface area contributed by atoms with E-state index in [1.165, 1.54) is 17.0 Å². The summed E-state index contributed by atoms with van der Waals surface area (Å²) in [7, 11) is -4.12. The molecular formula is C30H37N3O5S. The highest BCUT2D eigenvalue weighted by Gasteiger charge is 2.32. The van der Waals surface area contributed by atoms with Crippen LogP contribution in [0.2, 0.25) is 0 Å². The van der Waals surface area contributed by atoms with Crippen LogP contribution in [0.25, 0.3) is 0 Å². The van der Waals surface area contributed by atoms with Crippen LogP contribution in [0.1, 0.15) is 37.5 Å². The van der Waals surface area contributed by atoms with Gasteiger partial charge >= 0.3 is 0 Å². The normalized spacial score (nSPS) is 11.9. The van der Waals surface area contributed by atoms with Crippen LogP contribution < -0.4 is 14.4 Å². The first-order valence-corrected chi connectivity index (χ1v) is 14.5. The number of aryl methyl sites for hydroxylation is 2. The molecule has 1 N–H and O–H groups in total. The van der Waals surface area contributed by atoms with E-state index in [-0.39, 0.29) is 17.3 Å². The third kappa shape index (κ3) is 7.60. The number of carbonyl (C=O) groups excluding carboxylic acids is 2. The van der Waals surface area contributed by atoms with Crippen molar-refractivity contribution in [2.24, 2.45) is 0 Å². The summed E-state index contributed by atoms with van der Waals surface area (Å²) in [5.74, 6) is -0.224. The van der Waals surface area contributed by atoms with Crippen LogP contribution in [0.5, 0.6) is 5.75 Å². The molecule has 0 heterocycles. The lowest BCUT2D eigenvalue weighted by molar-refractivity contribution is -0.139. The first kappa shape index (κ1) is 29.7. The molecule has 0 unspecified atom stereocenters. The minimum atomic E-state index is -4.12. The molecule has 9 heteroatoms. The Labute approximate surface area is 231 Å². The van der Waals surface area contributed by atoms with Crippen LogP contribution in [0.15, 0.2) is 77.7 Å². The summed E-state index contributed by atoms with van der Waals surface area (Å²) in [5.41, 5.74) is 3.09. The average molecular weight is 552 g/mol. The van der Waals surface area contributed by atoms with Crippen molar-refractivity contribution in [3.8, 4) is 5.75 Å². The minimum absolute atomic E-state index is 0.0665. The van der Waals surface area contributed by atoms with E-state index in [1.54, 1.807) is 50.2 Å². The second-order valence-corrected chi connectivity index (χ2v) is 11.2. The SMILES string of the molecule is CCNC(=O)[C@@H](C)N(Cc1cccc(C)c1)C(=O)CN(c1ccc(OCC)cc1)S(=O)(=O)c1ccc(C)cc1. The van der Waals surface area contributed by atoms with E-state index in [2.05, 4.69) is 5.32 Å². The van der Waals surface area contributed by atoms with Crippen molar-refractivity contribution >= 4 is 27.5 Å². The first-order valence-electron chi connectivity index (χ1n) is 13.0. The molecule has 0 aliphatic rings. The van der Waals surface area contributed by atoms with Crippen LogP contribution in [0.3, 0.4) is 0 Å². The number of sulfonamides is 1. The van der Waals surface area contributed by atoms with Gasteiger partial charge < -0.3 is 15.0 Å². The number of nitrogens with one attached hydrogen (secondary N) is 1. The molecule has 0 aliphatic heterocycles. The fourth-order valence-corrected chi connectivity index (χ4v) is 5.57. The molecule has 3 aromatic rings. The van der Waals surface area contributed by atoms with Crippen molar-refractivity contribution in [2.45, 2.75) is 52.1 Å². The van der Waals surface area contributed by atoms with Gasteiger partial charge in [0.2, 0.25) is 11.8 Å². The van der Waals surface area contributed by atoms with Crippen LogP contribution in [0.4, 0.5) is 5.69 Å². The maximum absolute atomic E-state index is 13.9. The minimum Gasteiger partial charge on any atom is -0.494 e. The van der Waals surface area contributed by atoms with Gasteiger partial charge in [-0.1, -0.05) is 47.5 Å². The average Bonchev–Trinajstić information content (AvgIpc) is 2.91. The van der Waals surface area contributed by atoms with Crippen molar-refractivity contribution in [1.29, 1.82) is 0 Å². The number of likely N-dealkylation sites (N-methyl/N-ethyl adjacent to an activating group) is 1. The van der Waals surface area contributed by atoms with Crippen molar-refractivity contribution in [2.75, 3.05) is 24.0 Å². The highest BCUT2D eigenvalue weighted by atomic mass is 32.2. The van der Waals surface area contributed by atoms with Crippen molar-refractivity contribution in [1.82, 2.24) is 10.2 Å². The van der Waals surface area contributed by atoms with Gasteiger partial charge in [0, 0.05) is 13.1 Å². The van der Waals surface area contributed by atoms with E-state index in [1.807, 2.05) is 45.0 Å². The lowest BCUT2D eigenvalue weighted by Crippen LogP contribution is -2.51. The van der Waals surface area contributed by atoms with E-state index in [0.717, 1.165) is 21.0 Å². The van der Waals surface area contributed by atoms with Crippen molar-refractivity contribution in [3.63, 3.8) is 0 Å². The maximum Gasteiger partial charge on any atom is 0.264 e. The number of hydrogen-bond donors (Lipinski definition) is 1. The summed E-state index contributed by atoms with van der Waals surface area (Å²) in [4.78, 5) is 28.2. The fraction of sp³-hybridized carbons (Fsp3) is 0.333. The molecule has 0 saturated heterocycles. The molecule has 8 nitrogen and oxygen atoms in total. The van der Waals surface area contributed by atoms with Gasteiger partial charge in [-0.2, -0.15) is 0 Å². The smallest absolute Gasteiger partial charge is 0.264 e. The van der Waals surface area contributed by atoms with Gasteiger partial charge in [-0.15, -0.1) is 0 Å². The Morgan fingerprint density at radius 2 is 1.59 bits per heavy atom. The van der Waals surface area contributed by atoms with E-state index < -0.39 is 28.5 Å². The number of ether oxygens (including phenoxy) is 1. The second kappa shape index (κ2) is 13.3.